The number of primary amides is 1. The van der Waals surface area contributed by atoms with Gasteiger partial charge < -0.3 is 16.8 Å². The number of nitrogens with one attached hydrogen (secondary N) is 1. The second-order valence-electron chi connectivity index (χ2n) is 4.33. The molecule has 0 atom stereocenters. The first-order valence-corrected chi connectivity index (χ1v) is 6.47. The lowest BCUT2D eigenvalue weighted by Crippen LogP contribution is -2.17. The number of halogens is 1. The van der Waals surface area contributed by atoms with Crippen molar-refractivity contribution in [2.24, 2.45) is 5.73 Å². The zero-order valence-electron chi connectivity index (χ0n) is 10.8. The van der Waals surface area contributed by atoms with E-state index in [9.17, 15) is 4.79 Å². The number of nitrogens with zero attached hydrogens (tertiary/aromatic N) is 1. The zero-order chi connectivity index (χ0) is 14.5. The highest BCUT2D eigenvalue weighted by Crippen LogP contribution is 2.15. The highest BCUT2D eigenvalue weighted by atomic mass is 35.5. The molecule has 0 radical (unpaired) electrons. The van der Waals surface area contributed by atoms with Crippen LogP contribution in [0.2, 0.25) is 5.02 Å². The SMILES string of the molecule is NC(=O)c1cc(N)cnc1NCCc1ccc(Cl)cc1. The fourth-order valence-electron chi connectivity index (χ4n) is 1.79. The maximum Gasteiger partial charge on any atom is 0.252 e. The van der Waals surface area contributed by atoms with Crippen molar-refractivity contribution in [3.05, 3.63) is 52.7 Å². The van der Waals surface area contributed by atoms with E-state index in [0.29, 0.717) is 28.6 Å². The smallest absolute Gasteiger partial charge is 0.252 e. The minimum absolute atomic E-state index is 0.293. The molecule has 6 heteroatoms. The summed E-state index contributed by atoms with van der Waals surface area (Å²) in [7, 11) is 0. The standard InChI is InChI=1S/C14H15ClN4O/c15-10-3-1-9(2-4-10)5-6-18-14-12(13(17)20)7-11(16)8-19-14/h1-4,7-8H,5-6,16H2,(H2,17,20)(H,18,19). The van der Waals surface area contributed by atoms with E-state index in [4.69, 9.17) is 23.1 Å². The summed E-state index contributed by atoms with van der Waals surface area (Å²) >= 11 is 5.82. The number of aromatic nitrogens is 1. The molecule has 0 fully saturated rings. The molecule has 0 bridgehead atoms. The minimum atomic E-state index is -0.557. The molecule has 2 rings (SSSR count). The molecule has 5 N–H and O–H groups in total. The molecular formula is C14H15ClN4O. The van der Waals surface area contributed by atoms with Crippen molar-refractivity contribution in [1.82, 2.24) is 4.98 Å². The average molecular weight is 291 g/mol. The number of amides is 1. The number of nitrogens with two attached hydrogens (primary N) is 2. The van der Waals surface area contributed by atoms with Gasteiger partial charge in [-0.3, -0.25) is 4.79 Å². The summed E-state index contributed by atoms with van der Waals surface area (Å²) in [5.41, 5.74) is 12.7. The Balaban J connectivity index is 2.00. The van der Waals surface area contributed by atoms with Gasteiger partial charge in [-0.05, 0) is 30.2 Å². The molecule has 0 aliphatic carbocycles. The Bertz CT molecular complexity index is 613. The van der Waals surface area contributed by atoms with Crippen LogP contribution in [0, 0.1) is 0 Å². The van der Waals surface area contributed by atoms with Gasteiger partial charge in [-0.25, -0.2) is 4.98 Å². The Morgan fingerprint density at radius 3 is 2.65 bits per heavy atom. The Kier molecular flexibility index (Phi) is 4.42. The molecule has 5 nitrogen and oxygen atoms in total. The number of rotatable bonds is 5. The maximum atomic E-state index is 11.3. The molecular weight excluding hydrogens is 276 g/mol. The van der Waals surface area contributed by atoms with Crippen molar-refractivity contribution in [1.29, 1.82) is 0 Å². The first-order valence-electron chi connectivity index (χ1n) is 6.10. The number of pyridine rings is 1. The topological polar surface area (TPSA) is 94.0 Å². The number of nitrogen functional groups attached to an aromatic ring is 1. The molecule has 0 saturated heterocycles. The summed E-state index contributed by atoms with van der Waals surface area (Å²) in [5.74, 6) is -0.112. The van der Waals surface area contributed by atoms with Gasteiger partial charge in [0.15, 0.2) is 0 Å². The summed E-state index contributed by atoms with van der Waals surface area (Å²) in [5, 5.41) is 3.79. The predicted octanol–water partition coefficient (Wildman–Crippen LogP) is 2.07. The lowest BCUT2D eigenvalue weighted by Gasteiger charge is -2.09. The van der Waals surface area contributed by atoms with Crippen molar-refractivity contribution in [2.75, 3.05) is 17.6 Å². The molecule has 0 aliphatic heterocycles. The average Bonchev–Trinajstić information content (AvgIpc) is 2.42. The molecule has 2 aromatic rings. The van der Waals surface area contributed by atoms with E-state index in [1.807, 2.05) is 24.3 Å². The second kappa shape index (κ2) is 6.25. The van der Waals surface area contributed by atoms with Crippen molar-refractivity contribution in [2.45, 2.75) is 6.42 Å². The fourth-order valence-corrected chi connectivity index (χ4v) is 1.91. The molecule has 0 saturated carbocycles. The summed E-state index contributed by atoms with van der Waals surface area (Å²) in [6, 6.07) is 9.10. The van der Waals surface area contributed by atoms with E-state index >= 15 is 0 Å². The molecule has 1 aromatic heterocycles. The molecule has 104 valence electrons. The number of benzene rings is 1. The molecule has 0 unspecified atom stereocenters. The van der Waals surface area contributed by atoms with Gasteiger partial charge in [0.1, 0.15) is 5.82 Å². The van der Waals surface area contributed by atoms with Crippen LogP contribution in [-0.4, -0.2) is 17.4 Å². The van der Waals surface area contributed by atoms with Crippen molar-refractivity contribution >= 4 is 29.0 Å². The number of hydrogen-bond donors (Lipinski definition) is 3. The van der Waals surface area contributed by atoms with Gasteiger partial charge in [-0.15, -0.1) is 0 Å². The number of anilines is 2. The lowest BCUT2D eigenvalue weighted by molar-refractivity contribution is 0.100. The molecule has 20 heavy (non-hydrogen) atoms. The summed E-state index contributed by atoms with van der Waals surface area (Å²) in [6.07, 6.45) is 2.26. The van der Waals surface area contributed by atoms with Gasteiger partial charge in [0.25, 0.3) is 5.91 Å². The summed E-state index contributed by atoms with van der Waals surface area (Å²) < 4.78 is 0. The molecule has 0 spiro atoms. The predicted molar refractivity (Wildman–Crippen MR) is 80.8 cm³/mol. The Hall–Kier alpha value is -2.27. The first kappa shape index (κ1) is 14.1. The van der Waals surface area contributed by atoms with Crippen LogP contribution in [-0.2, 0) is 6.42 Å². The van der Waals surface area contributed by atoms with Crippen LogP contribution in [0.5, 0.6) is 0 Å². The van der Waals surface area contributed by atoms with Crippen LogP contribution in [0.3, 0.4) is 0 Å². The monoisotopic (exact) mass is 290 g/mol. The van der Waals surface area contributed by atoms with Crippen LogP contribution in [0.1, 0.15) is 15.9 Å². The van der Waals surface area contributed by atoms with E-state index in [1.54, 1.807) is 0 Å². The summed E-state index contributed by atoms with van der Waals surface area (Å²) in [6.45, 7) is 0.624. The quantitative estimate of drug-likeness (QED) is 0.786. The normalized spacial score (nSPS) is 10.2. The Labute approximate surface area is 121 Å². The van der Waals surface area contributed by atoms with Crippen molar-refractivity contribution in [3.8, 4) is 0 Å². The van der Waals surface area contributed by atoms with Crippen LogP contribution < -0.4 is 16.8 Å². The Morgan fingerprint density at radius 1 is 1.30 bits per heavy atom. The zero-order valence-corrected chi connectivity index (χ0v) is 11.5. The molecule has 1 amide bonds. The van der Waals surface area contributed by atoms with Gasteiger partial charge in [-0.1, -0.05) is 23.7 Å². The number of hydrogen-bond acceptors (Lipinski definition) is 4. The van der Waals surface area contributed by atoms with Crippen molar-refractivity contribution in [3.63, 3.8) is 0 Å². The van der Waals surface area contributed by atoms with Crippen molar-refractivity contribution < 1.29 is 4.79 Å². The number of carbonyl (C=O) groups excluding carboxylic acids is 1. The van der Waals surface area contributed by atoms with Crippen LogP contribution in [0.25, 0.3) is 0 Å². The maximum absolute atomic E-state index is 11.3. The van der Waals surface area contributed by atoms with E-state index in [2.05, 4.69) is 10.3 Å². The fraction of sp³-hybridized carbons (Fsp3) is 0.143. The number of carbonyl (C=O) groups is 1. The van der Waals surface area contributed by atoms with Gasteiger partial charge >= 0.3 is 0 Å². The Morgan fingerprint density at radius 2 is 2.00 bits per heavy atom. The highest BCUT2D eigenvalue weighted by molar-refractivity contribution is 6.30. The molecule has 1 heterocycles. The second-order valence-corrected chi connectivity index (χ2v) is 4.77. The van der Waals surface area contributed by atoms with E-state index in [-0.39, 0.29) is 0 Å². The third kappa shape index (κ3) is 3.61. The summed E-state index contributed by atoms with van der Waals surface area (Å²) in [4.78, 5) is 15.4. The highest BCUT2D eigenvalue weighted by Gasteiger charge is 2.09. The van der Waals surface area contributed by atoms with E-state index in [0.717, 1.165) is 12.0 Å². The lowest BCUT2D eigenvalue weighted by atomic mass is 10.1. The van der Waals surface area contributed by atoms with Crippen LogP contribution >= 0.6 is 11.6 Å². The van der Waals surface area contributed by atoms with Gasteiger partial charge in [0.2, 0.25) is 0 Å². The van der Waals surface area contributed by atoms with Gasteiger partial charge in [0.05, 0.1) is 17.4 Å². The van der Waals surface area contributed by atoms with E-state index in [1.165, 1.54) is 12.3 Å². The van der Waals surface area contributed by atoms with Gasteiger partial charge in [0, 0.05) is 11.6 Å². The third-order valence-electron chi connectivity index (χ3n) is 2.79. The first-order chi connectivity index (χ1) is 9.56. The van der Waals surface area contributed by atoms with E-state index < -0.39 is 5.91 Å². The van der Waals surface area contributed by atoms with Crippen LogP contribution in [0.15, 0.2) is 36.5 Å². The molecule has 0 aliphatic rings. The largest absolute Gasteiger partial charge is 0.397 e. The minimum Gasteiger partial charge on any atom is -0.397 e. The van der Waals surface area contributed by atoms with Crippen LogP contribution in [0.4, 0.5) is 11.5 Å². The molecule has 1 aromatic carbocycles. The van der Waals surface area contributed by atoms with Gasteiger partial charge in [-0.2, -0.15) is 0 Å². The third-order valence-corrected chi connectivity index (χ3v) is 3.05.